The van der Waals surface area contributed by atoms with Crippen molar-refractivity contribution in [3.63, 3.8) is 0 Å². The van der Waals surface area contributed by atoms with E-state index in [0.717, 1.165) is 77.6 Å². The van der Waals surface area contributed by atoms with Gasteiger partial charge in [0.2, 0.25) is 0 Å². The van der Waals surface area contributed by atoms with E-state index in [2.05, 4.69) is 71.2 Å². The van der Waals surface area contributed by atoms with Gasteiger partial charge in [-0.1, -0.05) is 15.9 Å². The van der Waals surface area contributed by atoms with E-state index in [1.807, 2.05) is 18.5 Å². The minimum atomic E-state index is 0. The summed E-state index contributed by atoms with van der Waals surface area (Å²) in [5.41, 5.74) is 5.43. The van der Waals surface area contributed by atoms with Gasteiger partial charge in [-0.25, -0.2) is 9.97 Å². The first kappa shape index (κ1) is 24.6. The Morgan fingerprint density at radius 3 is 2.80 bits per heavy atom. The molecule has 5 aromatic rings. The number of H-pyrrole nitrogens is 1. The molecule has 6 nitrogen and oxygen atoms in total. The Kier molecular flexibility index (Phi) is 7.69. The Labute approximate surface area is 227 Å². The Morgan fingerprint density at radius 2 is 1.91 bits per heavy atom. The maximum Gasteiger partial charge on any atom is 0.137 e. The van der Waals surface area contributed by atoms with E-state index in [4.69, 9.17) is 9.72 Å². The van der Waals surface area contributed by atoms with Gasteiger partial charge in [-0.3, -0.25) is 4.90 Å². The molecule has 0 unspecified atom stereocenters. The van der Waals surface area contributed by atoms with Crippen molar-refractivity contribution in [2.24, 2.45) is 0 Å². The third-order valence-corrected chi connectivity index (χ3v) is 7.90. The highest BCUT2D eigenvalue weighted by atomic mass is 79.9. The largest absolute Gasteiger partial charge is 0.379 e. The second-order valence-corrected chi connectivity index (χ2v) is 10.5. The van der Waals surface area contributed by atoms with Crippen LogP contribution in [-0.4, -0.2) is 57.3 Å². The maximum absolute atomic E-state index is 5.46. The zero-order valence-electron chi connectivity index (χ0n) is 19.2. The van der Waals surface area contributed by atoms with Crippen molar-refractivity contribution in [2.75, 3.05) is 32.8 Å². The van der Waals surface area contributed by atoms with Gasteiger partial charge in [0.05, 0.1) is 18.9 Å². The summed E-state index contributed by atoms with van der Waals surface area (Å²) in [5.74, 6) is 0. The maximum atomic E-state index is 5.46. The fourth-order valence-corrected chi connectivity index (χ4v) is 5.96. The van der Waals surface area contributed by atoms with Crippen LogP contribution < -0.4 is 0 Å². The van der Waals surface area contributed by atoms with Crippen LogP contribution in [0.15, 0.2) is 58.8 Å². The topological polar surface area (TPSA) is 59.0 Å². The number of rotatable bonds is 7. The van der Waals surface area contributed by atoms with Crippen molar-refractivity contribution in [2.45, 2.75) is 19.4 Å². The molecular weight excluding hydrogens is 590 g/mol. The minimum Gasteiger partial charge on any atom is -0.379 e. The predicted octanol–water partition coefficient (Wildman–Crippen LogP) is 6.76. The molecule has 5 heterocycles. The molecule has 35 heavy (non-hydrogen) atoms. The number of halogens is 2. The first-order chi connectivity index (χ1) is 16.8. The summed E-state index contributed by atoms with van der Waals surface area (Å²) >= 11 is 5.37. The monoisotopic (exact) mass is 615 g/mol. The highest BCUT2D eigenvalue weighted by Gasteiger charge is 2.16. The lowest BCUT2D eigenvalue weighted by Crippen LogP contribution is -2.36. The Hall–Kier alpha value is -2.04. The Morgan fingerprint density at radius 1 is 1.06 bits per heavy atom. The zero-order valence-corrected chi connectivity index (χ0v) is 23.4. The third-order valence-electron chi connectivity index (χ3n) is 6.53. The van der Waals surface area contributed by atoms with Crippen LogP contribution >= 0.6 is 44.2 Å². The van der Waals surface area contributed by atoms with E-state index in [1.165, 1.54) is 22.9 Å². The van der Waals surface area contributed by atoms with Crippen LogP contribution in [0.2, 0.25) is 0 Å². The van der Waals surface area contributed by atoms with Crippen molar-refractivity contribution in [1.82, 2.24) is 24.4 Å². The number of unbranched alkanes of at least 4 members (excludes halogenated alkanes) is 1. The van der Waals surface area contributed by atoms with Gasteiger partial charge < -0.3 is 14.3 Å². The Balaban J connectivity index is 0.00000253. The van der Waals surface area contributed by atoms with E-state index >= 15 is 0 Å². The van der Waals surface area contributed by atoms with Crippen molar-refractivity contribution in [3.05, 3.63) is 58.8 Å². The van der Waals surface area contributed by atoms with Crippen molar-refractivity contribution in [1.29, 1.82) is 0 Å². The van der Waals surface area contributed by atoms with E-state index in [9.17, 15) is 0 Å². The first-order valence-electron chi connectivity index (χ1n) is 11.7. The first-order valence-corrected chi connectivity index (χ1v) is 13.4. The molecule has 4 aromatic heterocycles. The summed E-state index contributed by atoms with van der Waals surface area (Å²) in [6, 6.07) is 10.6. The molecule has 0 saturated carbocycles. The van der Waals surface area contributed by atoms with Crippen molar-refractivity contribution >= 4 is 66.2 Å². The van der Waals surface area contributed by atoms with E-state index in [-0.39, 0.29) is 17.0 Å². The molecule has 1 aliphatic heterocycles. The molecule has 1 aliphatic rings. The number of benzene rings is 1. The standard InChI is InChI=1S/C26H26BrN5OS.BrH/c27-18-5-6-24-20(14-18)22(16-32(24)9-2-1-8-31-10-12-33-13-11-31)26-30-23(17-34-26)21-15-29-25-19(21)4-3-7-28-25;/h3-7,14-17H,1-2,8-13H2,(H,28,29);1H. The van der Waals surface area contributed by atoms with Gasteiger partial charge in [-0.15, -0.1) is 28.3 Å². The van der Waals surface area contributed by atoms with E-state index in [0.29, 0.717) is 0 Å². The Bertz CT molecular complexity index is 1440. The normalized spacial score (nSPS) is 14.5. The van der Waals surface area contributed by atoms with E-state index < -0.39 is 0 Å². The number of fused-ring (bicyclic) bond motifs is 2. The smallest absolute Gasteiger partial charge is 0.137 e. The number of aryl methyl sites for hydroxylation is 1. The predicted molar refractivity (Wildman–Crippen MR) is 153 cm³/mol. The molecule has 1 fully saturated rings. The van der Waals surface area contributed by atoms with Gasteiger partial charge in [0.25, 0.3) is 0 Å². The molecule has 0 spiro atoms. The summed E-state index contributed by atoms with van der Waals surface area (Å²) in [5, 5.41) is 5.53. The minimum absolute atomic E-state index is 0. The van der Waals surface area contributed by atoms with Crippen LogP contribution in [0.25, 0.3) is 43.8 Å². The molecule has 9 heteroatoms. The summed E-state index contributed by atoms with van der Waals surface area (Å²) < 4.78 is 8.95. The molecule has 1 saturated heterocycles. The molecule has 0 aliphatic carbocycles. The molecule has 6 rings (SSSR count). The van der Waals surface area contributed by atoms with Crippen molar-refractivity contribution in [3.8, 4) is 21.8 Å². The SMILES string of the molecule is Br.Brc1ccc2c(c1)c(-c1nc(-c3c[nH]c4ncccc34)cs1)cn2CCCCN1CCOCC1. The molecule has 182 valence electrons. The zero-order chi connectivity index (χ0) is 22.9. The van der Waals surface area contributed by atoms with Gasteiger partial charge in [0.1, 0.15) is 10.7 Å². The van der Waals surface area contributed by atoms with Crippen LogP contribution in [0, 0.1) is 0 Å². The summed E-state index contributed by atoms with van der Waals surface area (Å²) in [4.78, 5) is 15.2. The molecule has 0 bridgehead atoms. The van der Waals surface area contributed by atoms with Crippen LogP contribution in [0.4, 0.5) is 0 Å². The highest BCUT2D eigenvalue weighted by molar-refractivity contribution is 9.10. The number of aromatic nitrogens is 4. The number of pyridine rings is 1. The number of hydrogen-bond acceptors (Lipinski definition) is 5. The number of ether oxygens (including phenoxy) is 1. The van der Waals surface area contributed by atoms with Gasteiger partial charge in [-0.05, 0) is 49.7 Å². The van der Waals surface area contributed by atoms with Gasteiger partial charge in [0, 0.05) is 75.5 Å². The molecule has 0 amide bonds. The van der Waals surface area contributed by atoms with Crippen LogP contribution in [0.5, 0.6) is 0 Å². The fraction of sp³-hybridized carbons (Fsp3) is 0.308. The third kappa shape index (κ3) is 5.11. The van der Waals surface area contributed by atoms with Crippen LogP contribution in [0.3, 0.4) is 0 Å². The number of morpholine rings is 1. The summed E-state index contributed by atoms with van der Waals surface area (Å²) in [6.07, 6.45) is 8.45. The fourth-order valence-electron chi connectivity index (χ4n) is 4.76. The van der Waals surface area contributed by atoms with Gasteiger partial charge >= 0.3 is 0 Å². The van der Waals surface area contributed by atoms with Gasteiger partial charge in [0.15, 0.2) is 0 Å². The van der Waals surface area contributed by atoms with Crippen LogP contribution in [0.1, 0.15) is 12.8 Å². The molecule has 1 N–H and O–H groups in total. The molecular formula is C26H27Br2N5OS. The number of aromatic amines is 1. The second kappa shape index (κ2) is 10.9. The lowest BCUT2D eigenvalue weighted by molar-refractivity contribution is 0.0371. The van der Waals surface area contributed by atoms with E-state index in [1.54, 1.807) is 11.3 Å². The number of thiazole rings is 1. The number of nitrogens with one attached hydrogen (secondary N) is 1. The molecule has 0 atom stereocenters. The summed E-state index contributed by atoms with van der Waals surface area (Å²) in [6.45, 7) is 6.01. The second-order valence-electron chi connectivity index (χ2n) is 8.70. The average molecular weight is 617 g/mol. The molecule has 1 aromatic carbocycles. The summed E-state index contributed by atoms with van der Waals surface area (Å²) in [7, 11) is 0. The van der Waals surface area contributed by atoms with Gasteiger partial charge in [-0.2, -0.15) is 0 Å². The quantitative estimate of drug-likeness (QED) is 0.205. The number of hydrogen-bond donors (Lipinski definition) is 1. The average Bonchev–Trinajstić information content (AvgIpc) is 3.59. The van der Waals surface area contributed by atoms with Crippen LogP contribution in [-0.2, 0) is 11.3 Å². The lowest BCUT2D eigenvalue weighted by Gasteiger charge is -2.26. The van der Waals surface area contributed by atoms with Crippen molar-refractivity contribution < 1.29 is 4.74 Å². The molecule has 0 radical (unpaired) electrons. The highest BCUT2D eigenvalue weighted by Crippen LogP contribution is 2.37. The lowest BCUT2D eigenvalue weighted by atomic mass is 10.1. The number of nitrogens with zero attached hydrogens (tertiary/aromatic N) is 4.